The number of rotatable bonds is 0. The molecular formula is C12H16N2O2. The summed E-state index contributed by atoms with van der Waals surface area (Å²) in [5.41, 5.74) is 0.539. The van der Waals surface area contributed by atoms with Crippen molar-refractivity contribution in [3.63, 3.8) is 0 Å². The number of para-hydroxylation sites is 2. The molecule has 1 heterocycles. The third kappa shape index (κ3) is 1.78. The van der Waals surface area contributed by atoms with E-state index in [1.165, 1.54) is 9.13 Å². The van der Waals surface area contributed by atoms with Crippen LogP contribution in [0, 0.1) is 0 Å². The fourth-order valence-electron chi connectivity index (χ4n) is 1.54. The highest BCUT2D eigenvalue weighted by Crippen LogP contribution is 2.07. The maximum absolute atomic E-state index is 11.4. The summed E-state index contributed by atoms with van der Waals surface area (Å²) in [7, 11) is 3.21. The van der Waals surface area contributed by atoms with Gasteiger partial charge in [0.15, 0.2) is 0 Å². The highest BCUT2D eigenvalue weighted by Gasteiger charge is 2.06. The lowest BCUT2D eigenvalue weighted by Crippen LogP contribution is -2.39. The minimum absolute atomic E-state index is 0.494. The monoisotopic (exact) mass is 220 g/mol. The summed E-state index contributed by atoms with van der Waals surface area (Å²) in [6.45, 7) is 4.00. The topological polar surface area (TPSA) is 44.0 Å². The molecule has 2 rings (SSSR count). The fraction of sp³-hybridized carbons (Fsp3) is 0.333. The molecule has 0 radical (unpaired) electrons. The summed E-state index contributed by atoms with van der Waals surface area (Å²) < 4.78 is 2.75. The van der Waals surface area contributed by atoms with Crippen LogP contribution in [0.2, 0.25) is 0 Å². The summed E-state index contributed by atoms with van der Waals surface area (Å²) in [5, 5.41) is 0. The molecular weight excluding hydrogens is 204 g/mol. The molecule has 4 heteroatoms. The largest absolute Gasteiger partial charge is 0.316 e. The van der Waals surface area contributed by atoms with Crippen LogP contribution in [0.1, 0.15) is 13.8 Å². The molecule has 0 saturated heterocycles. The van der Waals surface area contributed by atoms with Crippen LogP contribution in [0.15, 0.2) is 33.9 Å². The van der Waals surface area contributed by atoms with E-state index in [0.29, 0.717) is 0 Å². The lowest BCUT2D eigenvalue weighted by Gasteiger charge is -2.07. The zero-order valence-corrected chi connectivity index (χ0v) is 10.0. The Morgan fingerprint density at radius 1 is 0.812 bits per heavy atom. The van der Waals surface area contributed by atoms with E-state index < -0.39 is 11.1 Å². The Labute approximate surface area is 93.8 Å². The first-order valence-electron chi connectivity index (χ1n) is 5.27. The van der Waals surface area contributed by atoms with Crippen LogP contribution < -0.4 is 11.1 Å². The number of benzene rings is 1. The molecule has 0 saturated carbocycles. The van der Waals surface area contributed by atoms with Gasteiger partial charge in [-0.05, 0) is 12.1 Å². The molecule has 0 unspecified atom stereocenters. The molecule has 0 aliphatic heterocycles. The van der Waals surface area contributed by atoms with Crippen molar-refractivity contribution < 1.29 is 0 Å². The van der Waals surface area contributed by atoms with Gasteiger partial charge >= 0.3 is 11.1 Å². The summed E-state index contributed by atoms with van der Waals surface area (Å²) in [6, 6.07) is 7.31. The van der Waals surface area contributed by atoms with E-state index in [0.717, 1.165) is 11.0 Å². The summed E-state index contributed by atoms with van der Waals surface area (Å²) in [6.07, 6.45) is 0. The third-order valence-corrected chi connectivity index (χ3v) is 2.40. The smallest absolute Gasteiger partial charge is 0.305 e. The van der Waals surface area contributed by atoms with E-state index in [4.69, 9.17) is 0 Å². The van der Waals surface area contributed by atoms with Crippen LogP contribution in [0.5, 0.6) is 0 Å². The molecule has 0 fully saturated rings. The quantitative estimate of drug-likeness (QED) is 0.627. The second-order valence-corrected chi connectivity index (χ2v) is 3.22. The zero-order chi connectivity index (χ0) is 12.3. The first-order valence-corrected chi connectivity index (χ1v) is 5.27. The molecule has 1 aromatic heterocycles. The second kappa shape index (κ2) is 4.79. The SMILES string of the molecule is CC.Cn1c(=O)c(=O)n(C)c2ccccc21. The Balaban J connectivity index is 0.000000606. The Hall–Kier alpha value is -1.84. The lowest BCUT2D eigenvalue weighted by atomic mass is 10.3. The minimum Gasteiger partial charge on any atom is -0.305 e. The number of aromatic nitrogens is 2. The predicted octanol–water partition coefficient (Wildman–Crippen LogP) is 1.26. The van der Waals surface area contributed by atoms with Crippen LogP contribution in [-0.4, -0.2) is 9.13 Å². The van der Waals surface area contributed by atoms with Gasteiger partial charge < -0.3 is 9.13 Å². The van der Waals surface area contributed by atoms with E-state index in [1.807, 2.05) is 38.1 Å². The molecule has 0 bridgehead atoms. The van der Waals surface area contributed by atoms with Crippen molar-refractivity contribution in [2.24, 2.45) is 14.1 Å². The molecule has 0 aliphatic rings. The zero-order valence-electron chi connectivity index (χ0n) is 10.0. The number of hydrogen-bond acceptors (Lipinski definition) is 2. The predicted molar refractivity (Wildman–Crippen MR) is 65.8 cm³/mol. The van der Waals surface area contributed by atoms with Gasteiger partial charge in [-0.25, -0.2) is 0 Å². The van der Waals surface area contributed by atoms with Gasteiger partial charge in [-0.1, -0.05) is 26.0 Å². The molecule has 16 heavy (non-hydrogen) atoms. The van der Waals surface area contributed by atoms with Crippen LogP contribution in [0.25, 0.3) is 11.0 Å². The van der Waals surface area contributed by atoms with E-state index >= 15 is 0 Å². The maximum atomic E-state index is 11.4. The van der Waals surface area contributed by atoms with E-state index in [2.05, 4.69) is 0 Å². The van der Waals surface area contributed by atoms with Gasteiger partial charge in [0.2, 0.25) is 0 Å². The molecule has 0 amide bonds. The van der Waals surface area contributed by atoms with Crippen molar-refractivity contribution in [1.29, 1.82) is 0 Å². The Bertz CT molecular complexity index is 554. The Morgan fingerprint density at radius 2 is 1.12 bits per heavy atom. The van der Waals surface area contributed by atoms with Gasteiger partial charge in [0, 0.05) is 14.1 Å². The van der Waals surface area contributed by atoms with E-state index in [1.54, 1.807) is 14.1 Å². The first kappa shape index (κ1) is 12.2. The van der Waals surface area contributed by atoms with Gasteiger partial charge in [-0.15, -0.1) is 0 Å². The number of hydrogen-bond donors (Lipinski definition) is 0. The van der Waals surface area contributed by atoms with Crippen molar-refractivity contribution in [3.8, 4) is 0 Å². The van der Waals surface area contributed by atoms with Gasteiger partial charge in [-0.3, -0.25) is 9.59 Å². The van der Waals surface area contributed by atoms with Crippen LogP contribution in [0.4, 0.5) is 0 Å². The van der Waals surface area contributed by atoms with E-state index in [-0.39, 0.29) is 0 Å². The molecule has 4 nitrogen and oxygen atoms in total. The molecule has 0 spiro atoms. The van der Waals surface area contributed by atoms with Crippen molar-refractivity contribution >= 4 is 11.0 Å². The average Bonchev–Trinajstić information content (AvgIpc) is 2.36. The molecule has 0 atom stereocenters. The Kier molecular flexibility index (Phi) is 3.66. The first-order chi connectivity index (χ1) is 7.63. The van der Waals surface area contributed by atoms with Crippen LogP contribution in [0.3, 0.4) is 0 Å². The summed E-state index contributed by atoms with van der Waals surface area (Å²) in [5.74, 6) is 0. The second-order valence-electron chi connectivity index (χ2n) is 3.22. The standard InChI is InChI=1S/C10H10N2O2.C2H6/c1-11-7-5-3-4-6-8(7)12(2)10(14)9(11)13;1-2/h3-6H,1-2H3;1-2H3. The van der Waals surface area contributed by atoms with Crippen LogP contribution in [-0.2, 0) is 14.1 Å². The van der Waals surface area contributed by atoms with Crippen molar-refractivity contribution in [2.75, 3.05) is 0 Å². The highest BCUT2D eigenvalue weighted by atomic mass is 16.2. The summed E-state index contributed by atoms with van der Waals surface area (Å²) >= 11 is 0. The van der Waals surface area contributed by atoms with Crippen molar-refractivity contribution in [1.82, 2.24) is 9.13 Å². The molecule has 86 valence electrons. The summed E-state index contributed by atoms with van der Waals surface area (Å²) in [4.78, 5) is 22.9. The van der Waals surface area contributed by atoms with Crippen molar-refractivity contribution in [2.45, 2.75) is 13.8 Å². The highest BCUT2D eigenvalue weighted by molar-refractivity contribution is 5.74. The van der Waals surface area contributed by atoms with Crippen molar-refractivity contribution in [3.05, 3.63) is 45.0 Å². The van der Waals surface area contributed by atoms with Gasteiger partial charge in [0.1, 0.15) is 0 Å². The minimum atomic E-state index is -0.494. The maximum Gasteiger partial charge on any atom is 0.316 e. The lowest BCUT2D eigenvalue weighted by molar-refractivity contribution is 0.799. The molecule has 0 N–H and O–H groups in total. The number of fused-ring (bicyclic) bond motifs is 1. The molecule has 2 aromatic rings. The van der Waals surface area contributed by atoms with Gasteiger partial charge in [0.05, 0.1) is 11.0 Å². The van der Waals surface area contributed by atoms with Gasteiger partial charge in [0.25, 0.3) is 0 Å². The average molecular weight is 220 g/mol. The Morgan fingerprint density at radius 3 is 1.44 bits per heavy atom. The molecule has 1 aromatic carbocycles. The number of nitrogens with zero attached hydrogens (tertiary/aromatic N) is 2. The van der Waals surface area contributed by atoms with Gasteiger partial charge in [-0.2, -0.15) is 0 Å². The third-order valence-electron chi connectivity index (χ3n) is 2.40. The van der Waals surface area contributed by atoms with Crippen LogP contribution >= 0.6 is 0 Å². The van der Waals surface area contributed by atoms with E-state index in [9.17, 15) is 9.59 Å². The number of aryl methyl sites for hydroxylation is 2. The fourth-order valence-corrected chi connectivity index (χ4v) is 1.54. The molecule has 0 aliphatic carbocycles. The normalized spacial score (nSPS) is 9.75.